The molecule has 0 aromatic heterocycles. The molecule has 2 rings (SSSR count). The minimum atomic E-state index is -0.199. The molecule has 1 heterocycles. The highest BCUT2D eigenvalue weighted by Gasteiger charge is 2.43. The van der Waals surface area contributed by atoms with Gasteiger partial charge in [-0.25, -0.2) is 4.79 Å². The van der Waals surface area contributed by atoms with Crippen molar-refractivity contribution in [2.24, 2.45) is 5.92 Å². The Bertz CT molecular complexity index is 545. The van der Waals surface area contributed by atoms with Crippen molar-refractivity contribution in [2.75, 3.05) is 7.05 Å². The van der Waals surface area contributed by atoms with E-state index < -0.39 is 0 Å². The van der Waals surface area contributed by atoms with Crippen LogP contribution in [0.4, 0.5) is 0 Å². The number of ether oxygens (including phenoxy) is 1. The summed E-state index contributed by atoms with van der Waals surface area (Å²) in [6.45, 7) is 15.9. The summed E-state index contributed by atoms with van der Waals surface area (Å²) in [5, 5.41) is 3.33. The van der Waals surface area contributed by atoms with Crippen molar-refractivity contribution in [2.45, 2.75) is 85.3 Å². The van der Waals surface area contributed by atoms with Crippen LogP contribution in [0.2, 0.25) is 0 Å². The number of hydrogen-bond donors (Lipinski definition) is 1. The molecule has 0 aromatic rings. The molecule has 3 heteroatoms. The molecular weight excluding hydrogens is 334 g/mol. The van der Waals surface area contributed by atoms with Crippen LogP contribution in [0.3, 0.4) is 0 Å². The normalized spacial score (nSPS) is 27.7. The molecule has 1 aliphatic heterocycles. The maximum atomic E-state index is 12.0. The molecule has 0 radical (unpaired) electrons. The minimum absolute atomic E-state index is 0.0536. The van der Waals surface area contributed by atoms with Gasteiger partial charge in [0.1, 0.15) is 0 Å². The van der Waals surface area contributed by atoms with Crippen LogP contribution in [0.25, 0.3) is 0 Å². The lowest BCUT2D eigenvalue weighted by molar-refractivity contribution is -0.146. The standard InChI is InChI=1S/C13H21NO2.C9H14.C2H6/c1-9-7-8-10-5-4-6-11(12(15)16-9)13(10,2)14-3;1-4-7-8-9(5-2)6-3;1-2/h6,9-10,14H,4-5,7-8H2,1-3H3;4-5,7-8H,1,6H2,2-3H3;1-2H3/b;8-7-,9-5-;/t9-,10?,13-;;/m0../s1. The van der Waals surface area contributed by atoms with E-state index in [1.807, 2.05) is 46.9 Å². The van der Waals surface area contributed by atoms with Crippen LogP contribution in [0.15, 0.2) is 48.1 Å². The first-order chi connectivity index (χ1) is 12.9. The van der Waals surface area contributed by atoms with Crippen LogP contribution in [0.5, 0.6) is 0 Å². The van der Waals surface area contributed by atoms with Crippen LogP contribution in [-0.2, 0) is 9.53 Å². The number of fused-ring (bicyclic) bond motifs is 2. The highest BCUT2D eigenvalue weighted by molar-refractivity contribution is 5.91. The molecule has 1 aliphatic carbocycles. The Balaban J connectivity index is 0.000000528. The predicted molar refractivity (Wildman–Crippen MR) is 118 cm³/mol. The molecule has 0 amide bonds. The molecule has 1 saturated heterocycles. The molecule has 27 heavy (non-hydrogen) atoms. The van der Waals surface area contributed by atoms with Crippen molar-refractivity contribution in [3.8, 4) is 0 Å². The van der Waals surface area contributed by atoms with Gasteiger partial charge in [-0.2, -0.15) is 0 Å². The second-order valence-corrected chi connectivity index (χ2v) is 6.95. The molecule has 1 N–H and O–H groups in total. The van der Waals surface area contributed by atoms with Crippen molar-refractivity contribution < 1.29 is 9.53 Å². The molecule has 2 bridgehead atoms. The largest absolute Gasteiger partial charge is 0.459 e. The van der Waals surface area contributed by atoms with Gasteiger partial charge in [0.25, 0.3) is 0 Å². The molecular formula is C24H41NO2. The first-order valence-corrected chi connectivity index (χ1v) is 10.5. The van der Waals surface area contributed by atoms with Gasteiger partial charge in [0.05, 0.1) is 17.2 Å². The van der Waals surface area contributed by atoms with Gasteiger partial charge in [0, 0.05) is 0 Å². The summed E-state index contributed by atoms with van der Waals surface area (Å²) in [5.41, 5.74) is 1.99. The smallest absolute Gasteiger partial charge is 0.335 e. The van der Waals surface area contributed by atoms with E-state index in [1.165, 1.54) is 12.0 Å². The summed E-state index contributed by atoms with van der Waals surface area (Å²) >= 11 is 0. The Kier molecular flexibility index (Phi) is 12.7. The summed E-state index contributed by atoms with van der Waals surface area (Å²) in [6, 6.07) is 0. The van der Waals surface area contributed by atoms with Gasteiger partial charge in [-0.15, -0.1) is 0 Å². The molecule has 3 nitrogen and oxygen atoms in total. The molecule has 1 unspecified atom stereocenters. The van der Waals surface area contributed by atoms with E-state index in [2.05, 4.69) is 37.9 Å². The Labute approximate surface area is 167 Å². The van der Waals surface area contributed by atoms with Gasteiger partial charge in [0.2, 0.25) is 0 Å². The second kappa shape index (κ2) is 13.5. The number of carbonyl (C=O) groups excluding carboxylic acids is 1. The number of hydrogen-bond acceptors (Lipinski definition) is 3. The fourth-order valence-electron chi connectivity index (χ4n) is 3.57. The van der Waals surface area contributed by atoms with E-state index in [0.717, 1.165) is 31.3 Å². The topological polar surface area (TPSA) is 38.3 Å². The summed E-state index contributed by atoms with van der Waals surface area (Å²) in [5.74, 6) is 0.418. The van der Waals surface area contributed by atoms with Crippen molar-refractivity contribution >= 4 is 5.97 Å². The van der Waals surface area contributed by atoms with E-state index in [0.29, 0.717) is 5.92 Å². The number of cyclic esters (lactones) is 1. The van der Waals surface area contributed by atoms with Gasteiger partial charge >= 0.3 is 5.97 Å². The number of likely N-dealkylation sites (N-methyl/N-ethyl adjacent to an activating group) is 1. The van der Waals surface area contributed by atoms with Gasteiger partial charge < -0.3 is 10.1 Å². The maximum Gasteiger partial charge on any atom is 0.335 e. The van der Waals surface area contributed by atoms with Crippen molar-refractivity contribution in [3.63, 3.8) is 0 Å². The first-order valence-electron chi connectivity index (χ1n) is 10.5. The fourth-order valence-corrected chi connectivity index (χ4v) is 3.57. The summed E-state index contributed by atoms with van der Waals surface area (Å²) < 4.78 is 5.43. The monoisotopic (exact) mass is 375 g/mol. The number of rotatable bonds is 4. The third-order valence-corrected chi connectivity index (χ3v) is 5.43. The van der Waals surface area contributed by atoms with E-state index in [4.69, 9.17) is 4.74 Å². The Hall–Kier alpha value is -1.61. The molecule has 2 aliphatic rings. The summed E-state index contributed by atoms with van der Waals surface area (Å²) in [6.07, 6.45) is 15.4. The predicted octanol–water partition coefficient (Wildman–Crippen LogP) is 6.14. The average Bonchev–Trinajstić information content (AvgIpc) is 2.69. The Morgan fingerprint density at radius 2 is 2.04 bits per heavy atom. The van der Waals surface area contributed by atoms with E-state index >= 15 is 0 Å². The van der Waals surface area contributed by atoms with Gasteiger partial charge in [-0.1, -0.05) is 63.3 Å². The average molecular weight is 376 g/mol. The van der Waals surface area contributed by atoms with Crippen LogP contribution in [0, 0.1) is 5.92 Å². The molecule has 154 valence electrons. The first kappa shape index (κ1) is 25.4. The third kappa shape index (κ3) is 7.50. The number of allylic oxidation sites excluding steroid dienone is 6. The van der Waals surface area contributed by atoms with Gasteiger partial charge in [-0.05, 0) is 65.8 Å². The van der Waals surface area contributed by atoms with E-state index in [9.17, 15) is 4.79 Å². The zero-order valence-corrected chi connectivity index (χ0v) is 18.6. The zero-order chi connectivity index (χ0) is 20.9. The lowest BCUT2D eigenvalue weighted by Gasteiger charge is -2.43. The lowest BCUT2D eigenvalue weighted by Crippen LogP contribution is -2.53. The SMILES string of the molecule is C=C/C=C\C(=C/C)CC.CC.CN[C@]1(C)C2=CCCC1CC[C@H](C)OC2=O. The number of nitrogens with one attached hydrogen (secondary N) is 1. The summed E-state index contributed by atoms with van der Waals surface area (Å²) in [4.78, 5) is 12.0. The van der Waals surface area contributed by atoms with E-state index in [1.54, 1.807) is 6.08 Å². The van der Waals surface area contributed by atoms with E-state index in [-0.39, 0.29) is 17.6 Å². The zero-order valence-electron chi connectivity index (χ0n) is 18.6. The highest BCUT2D eigenvalue weighted by Crippen LogP contribution is 2.39. The quantitative estimate of drug-likeness (QED) is 0.474. The van der Waals surface area contributed by atoms with Crippen LogP contribution < -0.4 is 5.32 Å². The minimum Gasteiger partial charge on any atom is -0.459 e. The van der Waals surface area contributed by atoms with Crippen LogP contribution in [0.1, 0.15) is 73.6 Å². The van der Waals surface area contributed by atoms with Crippen LogP contribution >= 0.6 is 0 Å². The second-order valence-electron chi connectivity index (χ2n) is 6.95. The molecule has 3 atom stereocenters. The van der Waals surface area contributed by atoms with Crippen molar-refractivity contribution in [3.05, 3.63) is 48.1 Å². The van der Waals surface area contributed by atoms with Crippen molar-refractivity contribution in [1.29, 1.82) is 0 Å². The Morgan fingerprint density at radius 1 is 1.37 bits per heavy atom. The van der Waals surface area contributed by atoms with Gasteiger partial charge in [0.15, 0.2) is 0 Å². The number of carbonyl (C=O) groups is 1. The molecule has 0 spiro atoms. The highest BCUT2D eigenvalue weighted by atomic mass is 16.5. The van der Waals surface area contributed by atoms with Crippen LogP contribution in [-0.4, -0.2) is 24.7 Å². The van der Waals surface area contributed by atoms with Crippen molar-refractivity contribution in [1.82, 2.24) is 5.32 Å². The maximum absolute atomic E-state index is 12.0. The molecule has 0 aromatic carbocycles. The molecule has 0 saturated carbocycles. The Morgan fingerprint density at radius 3 is 2.56 bits per heavy atom. The summed E-state index contributed by atoms with van der Waals surface area (Å²) in [7, 11) is 1.93. The lowest BCUT2D eigenvalue weighted by atomic mass is 9.70. The molecule has 1 fully saturated rings. The fraction of sp³-hybridized carbons (Fsp3) is 0.625. The number of esters is 1. The third-order valence-electron chi connectivity index (χ3n) is 5.43. The van der Waals surface area contributed by atoms with Gasteiger partial charge in [-0.3, -0.25) is 0 Å².